The Labute approximate surface area is 117 Å². The summed E-state index contributed by atoms with van der Waals surface area (Å²) in [5.41, 5.74) is 1.18. The molecule has 0 fully saturated rings. The Morgan fingerprint density at radius 2 is 1.85 bits per heavy atom. The molecule has 0 radical (unpaired) electrons. The maximum atomic E-state index is 12.0. The summed E-state index contributed by atoms with van der Waals surface area (Å²) < 4.78 is 10.4. The fraction of sp³-hybridized carbons (Fsp3) is 0.125. The molecule has 0 spiro atoms. The van der Waals surface area contributed by atoms with E-state index in [1.807, 2.05) is 18.2 Å². The van der Waals surface area contributed by atoms with Crippen LogP contribution < -0.4 is 9.47 Å². The maximum absolute atomic E-state index is 12.0. The molecule has 2 rings (SSSR count). The molecule has 20 heavy (non-hydrogen) atoms. The van der Waals surface area contributed by atoms with Gasteiger partial charge >= 0.3 is 0 Å². The lowest BCUT2D eigenvalue weighted by Crippen LogP contribution is -1.96. The first-order valence-corrected chi connectivity index (χ1v) is 6.10. The Hall–Kier alpha value is -2.62. The molecular formula is C16H15NO3. The molecule has 4 heteroatoms. The van der Waals surface area contributed by atoms with Crippen LogP contribution in [0.3, 0.4) is 0 Å². The van der Waals surface area contributed by atoms with E-state index in [2.05, 4.69) is 4.98 Å². The molecule has 0 N–H and O–H groups in total. The van der Waals surface area contributed by atoms with Crippen molar-refractivity contribution in [3.8, 4) is 11.5 Å². The van der Waals surface area contributed by atoms with E-state index in [0.717, 1.165) is 0 Å². The normalized spacial score (nSPS) is 10.5. The molecular weight excluding hydrogens is 254 g/mol. The van der Waals surface area contributed by atoms with E-state index in [1.165, 1.54) is 13.2 Å². The van der Waals surface area contributed by atoms with Crippen LogP contribution in [0.15, 0.2) is 48.7 Å². The number of carbonyl (C=O) groups is 1. The number of nitrogens with zero attached hydrogens (tertiary/aromatic N) is 1. The van der Waals surface area contributed by atoms with Gasteiger partial charge in [0.15, 0.2) is 17.3 Å². The first kappa shape index (κ1) is 13.8. The highest BCUT2D eigenvalue weighted by Crippen LogP contribution is 2.29. The number of aromatic nitrogens is 1. The van der Waals surface area contributed by atoms with E-state index in [-0.39, 0.29) is 5.78 Å². The standard InChI is InChI=1S/C16H15NO3/c1-19-15-10-11-17-13(16(15)20-2)8-9-14(18)12-6-4-3-5-7-12/h3-11H,1-2H3. The fourth-order valence-corrected chi connectivity index (χ4v) is 1.78. The summed E-state index contributed by atoms with van der Waals surface area (Å²) in [6, 6.07) is 10.8. The molecule has 1 heterocycles. The molecule has 2 aromatic rings. The molecule has 0 bridgehead atoms. The van der Waals surface area contributed by atoms with Crippen LogP contribution in [0.1, 0.15) is 16.1 Å². The highest BCUT2D eigenvalue weighted by Gasteiger charge is 2.09. The monoisotopic (exact) mass is 269 g/mol. The summed E-state index contributed by atoms with van der Waals surface area (Å²) >= 11 is 0. The molecule has 1 aromatic carbocycles. The van der Waals surface area contributed by atoms with Crippen LogP contribution in [0.4, 0.5) is 0 Å². The van der Waals surface area contributed by atoms with Crippen molar-refractivity contribution in [2.24, 2.45) is 0 Å². The van der Waals surface area contributed by atoms with E-state index in [9.17, 15) is 4.79 Å². The molecule has 0 aliphatic rings. The summed E-state index contributed by atoms with van der Waals surface area (Å²) in [7, 11) is 3.09. The summed E-state index contributed by atoms with van der Waals surface area (Å²) in [6.45, 7) is 0. The Morgan fingerprint density at radius 3 is 2.50 bits per heavy atom. The predicted molar refractivity (Wildman–Crippen MR) is 77.1 cm³/mol. The Bertz CT molecular complexity index is 621. The van der Waals surface area contributed by atoms with E-state index in [1.54, 1.807) is 37.6 Å². The highest BCUT2D eigenvalue weighted by atomic mass is 16.5. The zero-order valence-electron chi connectivity index (χ0n) is 11.4. The van der Waals surface area contributed by atoms with Gasteiger partial charge in [-0.15, -0.1) is 0 Å². The molecule has 0 saturated heterocycles. The van der Waals surface area contributed by atoms with Crippen LogP contribution in [-0.4, -0.2) is 25.0 Å². The SMILES string of the molecule is COc1ccnc(C=CC(=O)c2ccccc2)c1OC. The van der Waals surface area contributed by atoms with E-state index < -0.39 is 0 Å². The van der Waals surface area contributed by atoms with Crippen LogP contribution in [-0.2, 0) is 0 Å². The molecule has 1 aromatic heterocycles. The third-order valence-electron chi connectivity index (χ3n) is 2.77. The van der Waals surface area contributed by atoms with Gasteiger partial charge in [0.05, 0.1) is 14.2 Å². The molecule has 0 aliphatic heterocycles. The lowest BCUT2D eigenvalue weighted by molar-refractivity contribution is 0.104. The molecule has 0 amide bonds. The summed E-state index contributed by atoms with van der Waals surface area (Å²) in [4.78, 5) is 16.2. The number of carbonyl (C=O) groups excluding carboxylic acids is 1. The molecule has 0 aliphatic carbocycles. The van der Waals surface area contributed by atoms with Gasteiger partial charge < -0.3 is 9.47 Å². The van der Waals surface area contributed by atoms with Gasteiger partial charge in [0.25, 0.3) is 0 Å². The van der Waals surface area contributed by atoms with Crippen molar-refractivity contribution in [3.63, 3.8) is 0 Å². The van der Waals surface area contributed by atoms with Crippen LogP contribution in [0.5, 0.6) is 11.5 Å². The summed E-state index contributed by atoms with van der Waals surface area (Å²) in [5, 5.41) is 0. The van der Waals surface area contributed by atoms with Crippen LogP contribution in [0.25, 0.3) is 6.08 Å². The molecule has 4 nitrogen and oxygen atoms in total. The van der Waals surface area contributed by atoms with Gasteiger partial charge in [-0.25, -0.2) is 0 Å². The Morgan fingerprint density at radius 1 is 1.10 bits per heavy atom. The Kier molecular flexibility index (Phi) is 4.50. The van der Waals surface area contributed by atoms with Gasteiger partial charge in [0.2, 0.25) is 0 Å². The van der Waals surface area contributed by atoms with Gasteiger partial charge in [-0.3, -0.25) is 9.78 Å². The van der Waals surface area contributed by atoms with E-state index in [4.69, 9.17) is 9.47 Å². The van der Waals surface area contributed by atoms with Crippen molar-refractivity contribution < 1.29 is 14.3 Å². The zero-order chi connectivity index (χ0) is 14.4. The number of rotatable bonds is 5. The minimum atomic E-state index is -0.0859. The number of ketones is 1. The van der Waals surface area contributed by atoms with Crippen molar-refractivity contribution in [2.45, 2.75) is 0 Å². The average molecular weight is 269 g/mol. The second kappa shape index (κ2) is 6.52. The lowest BCUT2D eigenvalue weighted by atomic mass is 10.1. The van der Waals surface area contributed by atoms with E-state index in [0.29, 0.717) is 22.8 Å². The molecule has 0 atom stereocenters. The third kappa shape index (κ3) is 3.03. The van der Waals surface area contributed by atoms with Crippen molar-refractivity contribution in [1.82, 2.24) is 4.98 Å². The van der Waals surface area contributed by atoms with Crippen LogP contribution >= 0.6 is 0 Å². The van der Waals surface area contributed by atoms with Gasteiger partial charge in [-0.05, 0) is 12.2 Å². The topological polar surface area (TPSA) is 48.4 Å². The largest absolute Gasteiger partial charge is 0.493 e. The van der Waals surface area contributed by atoms with E-state index >= 15 is 0 Å². The Balaban J connectivity index is 2.26. The number of benzene rings is 1. The smallest absolute Gasteiger partial charge is 0.186 e. The van der Waals surface area contributed by atoms with Crippen LogP contribution in [0.2, 0.25) is 0 Å². The number of hydrogen-bond donors (Lipinski definition) is 0. The second-order valence-electron chi connectivity index (χ2n) is 4.00. The van der Waals surface area contributed by atoms with Crippen molar-refractivity contribution in [2.75, 3.05) is 14.2 Å². The predicted octanol–water partition coefficient (Wildman–Crippen LogP) is 2.99. The maximum Gasteiger partial charge on any atom is 0.186 e. The molecule has 0 saturated carbocycles. The quantitative estimate of drug-likeness (QED) is 0.618. The summed E-state index contributed by atoms with van der Waals surface area (Å²) in [5.74, 6) is 0.999. The highest BCUT2D eigenvalue weighted by molar-refractivity contribution is 6.06. The number of hydrogen-bond acceptors (Lipinski definition) is 4. The van der Waals surface area contributed by atoms with Crippen molar-refractivity contribution >= 4 is 11.9 Å². The first-order valence-electron chi connectivity index (χ1n) is 6.10. The number of ether oxygens (including phenoxy) is 2. The van der Waals surface area contributed by atoms with Gasteiger partial charge in [0.1, 0.15) is 5.69 Å². The summed E-state index contributed by atoms with van der Waals surface area (Å²) in [6.07, 6.45) is 4.70. The van der Waals surface area contributed by atoms with Gasteiger partial charge in [-0.1, -0.05) is 30.3 Å². The van der Waals surface area contributed by atoms with Gasteiger partial charge in [0, 0.05) is 17.8 Å². The number of methoxy groups -OCH3 is 2. The van der Waals surface area contributed by atoms with Crippen molar-refractivity contribution in [1.29, 1.82) is 0 Å². The second-order valence-corrected chi connectivity index (χ2v) is 4.00. The zero-order valence-corrected chi connectivity index (χ0v) is 11.4. The van der Waals surface area contributed by atoms with Crippen molar-refractivity contribution in [3.05, 3.63) is 59.9 Å². The van der Waals surface area contributed by atoms with Gasteiger partial charge in [-0.2, -0.15) is 0 Å². The minimum Gasteiger partial charge on any atom is -0.493 e. The lowest BCUT2D eigenvalue weighted by Gasteiger charge is -2.08. The molecule has 0 unspecified atom stereocenters. The first-order chi connectivity index (χ1) is 9.76. The van der Waals surface area contributed by atoms with Crippen LogP contribution in [0, 0.1) is 0 Å². The average Bonchev–Trinajstić information content (AvgIpc) is 2.52. The fourth-order valence-electron chi connectivity index (χ4n) is 1.78. The number of allylic oxidation sites excluding steroid dienone is 1. The number of pyridine rings is 1. The third-order valence-corrected chi connectivity index (χ3v) is 2.77. The minimum absolute atomic E-state index is 0.0859. The molecule has 102 valence electrons.